The monoisotopic (exact) mass is 432 g/mol. The molecule has 0 spiro atoms. The van der Waals surface area contributed by atoms with Crippen molar-refractivity contribution in [2.45, 2.75) is 31.0 Å². The normalized spacial score (nSPS) is 14.4. The molecule has 0 radical (unpaired) electrons. The SMILES string of the molecule is O=C(CSc1nccc(N2CCC(Cc3ccccc3)CC2)n1)NCc1ccccc1. The highest BCUT2D eigenvalue weighted by molar-refractivity contribution is 7.99. The number of piperidine rings is 1. The van der Waals surface area contributed by atoms with Gasteiger partial charge in [0.15, 0.2) is 5.16 Å². The first-order valence-electron chi connectivity index (χ1n) is 10.8. The zero-order valence-electron chi connectivity index (χ0n) is 17.6. The van der Waals surface area contributed by atoms with E-state index in [0.717, 1.165) is 36.8 Å². The van der Waals surface area contributed by atoms with Gasteiger partial charge in [0.25, 0.3) is 0 Å². The van der Waals surface area contributed by atoms with Gasteiger partial charge in [-0.25, -0.2) is 9.97 Å². The van der Waals surface area contributed by atoms with Crippen LogP contribution in [0.4, 0.5) is 5.82 Å². The van der Waals surface area contributed by atoms with E-state index in [1.54, 1.807) is 6.20 Å². The van der Waals surface area contributed by atoms with Crippen LogP contribution in [0.5, 0.6) is 0 Å². The van der Waals surface area contributed by atoms with Gasteiger partial charge in [0, 0.05) is 25.8 Å². The van der Waals surface area contributed by atoms with Gasteiger partial charge >= 0.3 is 0 Å². The number of rotatable bonds is 8. The molecule has 1 aliphatic rings. The summed E-state index contributed by atoms with van der Waals surface area (Å²) < 4.78 is 0. The number of thioether (sulfide) groups is 1. The van der Waals surface area contributed by atoms with Gasteiger partial charge in [0.05, 0.1) is 5.75 Å². The first-order chi connectivity index (χ1) is 15.3. The lowest BCUT2D eigenvalue weighted by atomic mass is 9.90. The minimum absolute atomic E-state index is 0.00965. The van der Waals surface area contributed by atoms with Crippen LogP contribution < -0.4 is 10.2 Å². The first kappa shape index (κ1) is 21.4. The molecule has 31 heavy (non-hydrogen) atoms. The Hall–Kier alpha value is -2.86. The van der Waals surface area contributed by atoms with E-state index in [4.69, 9.17) is 4.98 Å². The van der Waals surface area contributed by atoms with Crippen LogP contribution in [0.25, 0.3) is 0 Å². The minimum Gasteiger partial charge on any atom is -0.356 e. The molecule has 0 atom stereocenters. The van der Waals surface area contributed by atoms with Crippen molar-refractivity contribution in [1.82, 2.24) is 15.3 Å². The molecule has 0 saturated carbocycles. The van der Waals surface area contributed by atoms with Crippen molar-refractivity contribution >= 4 is 23.5 Å². The van der Waals surface area contributed by atoms with Crippen LogP contribution in [0, 0.1) is 5.92 Å². The molecule has 1 N–H and O–H groups in total. The Morgan fingerprint density at radius 2 is 1.65 bits per heavy atom. The van der Waals surface area contributed by atoms with Crippen molar-refractivity contribution < 1.29 is 4.79 Å². The van der Waals surface area contributed by atoms with E-state index in [2.05, 4.69) is 45.5 Å². The molecule has 2 aromatic carbocycles. The molecule has 160 valence electrons. The highest BCUT2D eigenvalue weighted by atomic mass is 32.2. The molecule has 3 aromatic rings. The molecule has 1 saturated heterocycles. The van der Waals surface area contributed by atoms with E-state index in [-0.39, 0.29) is 5.91 Å². The van der Waals surface area contributed by atoms with Crippen LogP contribution in [0.15, 0.2) is 78.1 Å². The predicted octanol–water partition coefficient (Wildman–Crippen LogP) is 4.34. The lowest BCUT2D eigenvalue weighted by molar-refractivity contribution is -0.118. The smallest absolute Gasteiger partial charge is 0.230 e. The third-order valence-electron chi connectivity index (χ3n) is 5.59. The van der Waals surface area contributed by atoms with Gasteiger partial charge in [-0.05, 0) is 42.4 Å². The largest absolute Gasteiger partial charge is 0.356 e. The van der Waals surface area contributed by atoms with Crippen molar-refractivity contribution in [2.24, 2.45) is 5.92 Å². The van der Waals surface area contributed by atoms with Crippen LogP contribution in [0.3, 0.4) is 0 Å². The number of benzene rings is 2. The molecule has 4 rings (SSSR count). The molecule has 2 heterocycles. The Labute approximate surface area is 188 Å². The number of carbonyl (C=O) groups is 1. The number of amides is 1. The third-order valence-corrected chi connectivity index (χ3v) is 6.45. The molecule has 1 amide bonds. The van der Waals surface area contributed by atoms with E-state index >= 15 is 0 Å². The molecule has 0 unspecified atom stereocenters. The maximum absolute atomic E-state index is 12.2. The summed E-state index contributed by atoms with van der Waals surface area (Å²) in [5.74, 6) is 1.99. The second kappa shape index (κ2) is 11.0. The topological polar surface area (TPSA) is 58.1 Å². The molecule has 1 aromatic heterocycles. The van der Waals surface area contributed by atoms with Crippen molar-refractivity contribution in [3.63, 3.8) is 0 Å². The van der Waals surface area contributed by atoms with E-state index in [0.29, 0.717) is 17.5 Å². The van der Waals surface area contributed by atoms with Gasteiger partial charge in [-0.2, -0.15) is 0 Å². The van der Waals surface area contributed by atoms with Gasteiger partial charge in [0.1, 0.15) is 5.82 Å². The Bertz CT molecular complexity index is 960. The van der Waals surface area contributed by atoms with Crippen LogP contribution in [0.2, 0.25) is 0 Å². The average molecular weight is 433 g/mol. The zero-order chi connectivity index (χ0) is 21.3. The van der Waals surface area contributed by atoms with Crippen molar-refractivity contribution in [1.29, 1.82) is 0 Å². The second-order valence-electron chi connectivity index (χ2n) is 7.87. The number of hydrogen-bond acceptors (Lipinski definition) is 5. The van der Waals surface area contributed by atoms with Crippen LogP contribution in [-0.4, -0.2) is 34.7 Å². The number of nitrogens with one attached hydrogen (secondary N) is 1. The van der Waals surface area contributed by atoms with E-state index in [9.17, 15) is 4.79 Å². The van der Waals surface area contributed by atoms with E-state index < -0.39 is 0 Å². The molecule has 1 aliphatic heterocycles. The van der Waals surface area contributed by atoms with Gasteiger partial charge in [0.2, 0.25) is 5.91 Å². The Balaban J connectivity index is 1.23. The maximum atomic E-state index is 12.2. The number of anilines is 1. The first-order valence-corrected chi connectivity index (χ1v) is 11.8. The molecule has 6 heteroatoms. The summed E-state index contributed by atoms with van der Waals surface area (Å²) in [4.78, 5) is 23.5. The number of nitrogens with zero attached hydrogens (tertiary/aromatic N) is 3. The quantitative estimate of drug-likeness (QED) is 0.424. The summed E-state index contributed by atoms with van der Waals surface area (Å²) in [6.07, 6.45) is 5.28. The third kappa shape index (κ3) is 6.56. The number of carbonyl (C=O) groups excluding carboxylic acids is 1. The highest BCUT2D eigenvalue weighted by Gasteiger charge is 2.21. The van der Waals surface area contributed by atoms with Crippen LogP contribution in [-0.2, 0) is 17.8 Å². The van der Waals surface area contributed by atoms with E-state index in [1.165, 1.54) is 30.2 Å². The minimum atomic E-state index is -0.00965. The van der Waals surface area contributed by atoms with Crippen LogP contribution in [0.1, 0.15) is 24.0 Å². The molecular formula is C25H28N4OS. The van der Waals surface area contributed by atoms with Crippen molar-refractivity contribution in [3.8, 4) is 0 Å². The summed E-state index contributed by atoms with van der Waals surface area (Å²) in [5.41, 5.74) is 2.52. The lowest BCUT2D eigenvalue weighted by Gasteiger charge is -2.33. The summed E-state index contributed by atoms with van der Waals surface area (Å²) in [6.45, 7) is 2.56. The fraction of sp³-hybridized carbons (Fsp3) is 0.320. The second-order valence-corrected chi connectivity index (χ2v) is 8.81. The van der Waals surface area contributed by atoms with E-state index in [1.807, 2.05) is 36.4 Å². The zero-order valence-corrected chi connectivity index (χ0v) is 18.4. The summed E-state index contributed by atoms with van der Waals surface area (Å²) in [6, 6.07) is 22.6. The van der Waals surface area contributed by atoms with Crippen molar-refractivity contribution in [3.05, 3.63) is 84.1 Å². The number of hydrogen-bond donors (Lipinski definition) is 1. The maximum Gasteiger partial charge on any atom is 0.230 e. The van der Waals surface area contributed by atoms with Crippen molar-refractivity contribution in [2.75, 3.05) is 23.7 Å². The molecule has 0 bridgehead atoms. The standard InChI is InChI=1S/C25H28N4OS/c30-24(27-18-22-9-5-2-6-10-22)19-31-25-26-14-11-23(28-25)29-15-12-21(13-16-29)17-20-7-3-1-4-8-20/h1-11,14,21H,12-13,15-19H2,(H,27,30). The summed E-state index contributed by atoms with van der Waals surface area (Å²) >= 11 is 1.38. The van der Waals surface area contributed by atoms with Gasteiger partial charge in [-0.1, -0.05) is 72.4 Å². The Kier molecular flexibility index (Phi) is 7.56. The fourth-order valence-electron chi connectivity index (χ4n) is 3.87. The Morgan fingerprint density at radius 1 is 0.968 bits per heavy atom. The lowest BCUT2D eigenvalue weighted by Crippen LogP contribution is -2.35. The summed E-state index contributed by atoms with van der Waals surface area (Å²) in [5, 5.41) is 3.60. The number of aromatic nitrogens is 2. The van der Waals surface area contributed by atoms with Crippen LogP contribution >= 0.6 is 11.8 Å². The fourth-order valence-corrected chi connectivity index (χ4v) is 4.52. The summed E-state index contributed by atoms with van der Waals surface area (Å²) in [7, 11) is 0. The molecule has 5 nitrogen and oxygen atoms in total. The molecular weight excluding hydrogens is 404 g/mol. The Morgan fingerprint density at radius 3 is 2.35 bits per heavy atom. The van der Waals surface area contributed by atoms with Gasteiger partial charge in [-0.15, -0.1) is 0 Å². The van der Waals surface area contributed by atoms with Gasteiger partial charge < -0.3 is 10.2 Å². The highest BCUT2D eigenvalue weighted by Crippen LogP contribution is 2.25. The molecule has 0 aliphatic carbocycles. The predicted molar refractivity (Wildman–Crippen MR) is 126 cm³/mol. The average Bonchev–Trinajstić information content (AvgIpc) is 2.83. The molecule has 1 fully saturated rings. The van der Waals surface area contributed by atoms with Gasteiger partial charge in [-0.3, -0.25) is 4.79 Å².